The first-order valence-electron chi connectivity index (χ1n) is 6.79. The highest BCUT2D eigenvalue weighted by atomic mass is 32.2. The van der Waals surface area contributed by atoms with Gasteiger partial charge < -0.3 is 10.1 Å². The van der Waals surface area contributed by atoms with Crippen LogP contribution in [0.5, 0.6) is 0 Å². The number of esters is 1. The summed E-state index contributed by atoms with van der Waals surface area (Å²) in [5.41, 5.74) is -0.405. The van der Waals surface area contributed by atoms with Gasteiger partial charge in [0.15, 0.2) is 0 Å². The predicted molar refractivity (Wildman–Crippen MR) is 78.0 cm³/mol. The molecule has 1 atom stereocenters. The van der Waals surface area contributed by atoms with Crippen LogP contribution in [0.3, 0.4) is 0 Å². The third-order valence-corrected chi connectivity index (χ3v) is 4.86. The Bertz CT molecular complexity index is 280. The van der Waals surface area contributed by atoms with E-state index in [1.807, 2.05) is 39.5 Å². The monoisotopic (exact) mass is 273 g/mol. The van der Waals surface area contributed by atoms with Gasteiger partial charge in [-0.05, 0) is 46.8 Å². The second-order valence-electron chi connectivity index (χ2n) is 6.23. The van der Waals surface area contributed by atoms with Crippen molar-refractivity contribution < 1.29 is 9.53 Å². The molecule has 0 heterocycles. The molecule has 3 nitrogen and oxygen atoms in total. The lowest BCUT2D eigenvalue weighted by Gasteiger charge is -2.29. The number of carbonyl (C=O) groups is 1. The third kappa shape index (κ3) is 4.81. The molecule has 1 aliphatic carbocycles. The van der Waals surface area contributed by atoms with Crippen LogP contribution in [0.25, 0.3) is 0 Å². The summed E-state index contributed by atoms with van der Waals surface area (Å²) in [5, 5.41) is 3.34. The van der Waals surface area contributed by atoms with Crippen molar-refractivity contribution in [1.29, 1.82) is 0 Å². The Balaban J connectivity index is 2.40. The first-order chi connectivity index (χ1) is 8.28. The van der Waals surface area contributed by atoms with Gasteiger partial charge in [-0.3, -0.25) is 4.79 Å². The van der Waals surface area contributed by atoms with Crippen LogP contribution in [-0.2, 0) is 9.53 Å². The molecule has 1 rings (SSSR count). The molecular weight excluding hydrogens is 246 g/mol. The lowest BCUT2D eigenvalue weighted by molar-refractivity contribution is -0.156. The van der Waals surface area contributed by atoms with Crippen LogP contribution in [-0.4, -0.2) is 35.2 Å². The molecule has 0 aromatic heterocycles. The standard InChI is InChI=1S/C14H27NO2S/c1-11(12(16)17-13(2,3)4)15-10-14(18-5)8-6-7-9-14/h11,15H,6-10H2,1-5H3. The topological polar surface area (TPSA) is 38.3 Å². The molecule has 0 aliphatic heterocycles. The molecule has 1 aliphatic rings. The van der Waals surface area contributed by atoms with E-state index in [4.69, 9.17) is 4.74 Å². The van der Waals surface area contributed by atoms with Gasteiger partial charge in [0.25, 0.3) is 0 Å². The van der Waals surface area contributed by atoms with Gasteiger partial charge in [0.1, 0.15) is 11.6 Å². The largest absolute Gasteiger partial charge is 0.459 e. The molecule has 106 valence electrons. The van der Waals surface area contributed by atoms with Gasteiger partial charge in [-0.25, -0.2) is 0 Å². The SMILES string of the molecule is CSC1(CNC(C)C(=O)OC(C)(C)C)CCCC1. The molecule has 0 bridgehead atoms. The normalized spacial score (nSPS) is 20.7. The van der Waals surface area contributed by atoms with E-state index in [0.29, 0.717) is 4.75 Å². The minimum absolute atomic E-state index is 0.156. The lowest BCUT2D eigenvalue weighted by atomic mass is 10.1. The number of carbonyl (C=O) groups excluding carboxylic acids is 1. The maximum Gasteiger partial charge on any atom is 0.323 e. The van der Waals surface area contributed by atoms with E-state index < -0.39 is 5.60 Å². The van der Waals surface area contributed by atoms with Crippen LogP contribution in [0, 0.1) is 0 Å². The zero-order valence-electron chi connectivity index (χ0n) is 12.3. The van der Waals surface area contributed by atoms with E-state index in [0.717, 1.165) is 6.54 Å². The molecule has 0 amide bonds. The quantitative estimate of drug-likeness (QED) is 0.782. The molecule has 0 aromatic carbocycles. The van der Waals surface area contributed by atoms with Crippen molar-refractivity contribution in [2.24, 2.45) is 0 Å². The Morgan fingerprint density at radius 2 is 1.94 bits per heavy atom. The lowest BCUT2D eigenvalue weighted by Crippen LogP contribution is -2.45. The van der Waals surface area contributed by atoms with E-state index in [9.17, 15) is 4.79 Å². The summed E-state index contributed by atoms with van der Waals surface area (Å²) in [7, 11) is 0. The first-order valence-corrected chi connectivity index (χ1v) is 8.02. The van der Waals surface area contributed by atoms with Crippen molar-refractivity contribution in [3.05, 3.63) is 0 Å². The Hall–Kier alpha value is -0.220. The Labute approximate surface area is 115 Å². The van der Waals surface area contributed by atoms with Crippen LogP contribution in [0.15, 0.2) is 0 Å². The van der Waals surface area contributed by atoms with Crippen molar-refractivity contribution in [2.75, 3.05) is 12.8 Å². The number of thioether (sulfide) groups is 1. The summed E-state index contributed by atoms with van der Waals surface area (Å²) in [6.45, 7) is 8.49. The highest BCUT2D eigenvalue weighted by molar-refractivity contribution is 8.00. The van der Waals surface area contributed by atoms with Gasteiger partial charge >= 0.3 is 5.97 Å². The Morgan fingerprint density at radius 3 is 2.39 bits per heavy atom. The maximum atomic E-state index is 11.9. The van der Waals surface area contributed by atoms with E-state index in [-0.39, 0.29) is 12.0 Å². The summed E-state index contributed by atoms with van der Waals surface area (Å²) in [5.74, 6) is -0.156. The average Bonchev–Trinajstić information content (AvgIpc) is 2.73. The van der Waals surface area contributed by atoms with Crippen molar-refractivity contribution >= 4 is 17.7 Å². The zero-order valence-corrected chi connectivity index (χ0v) is 13.2. The smallest absolute Gasteiger partial charge is 0.323 e. The molecule has 0 saturated heterocycles. The molecule has 0 aromatic rings. The van der Waals surface area contributed by atoms with Crippen LogP contribution in [0.1, 0.15) is 53.4 Å². The molecular formula is C14H27NO2S. The van der Waals surface area contributed by atoms with E-state index >= 15 is 0 Å². The van der Waals surface area contributed by atoms with Crippen LogP contribution in [0.4, 0.5) is 0 Å². The molecule has 1 saturated carbocycles. The number of rotatable bonds is 5. The average molecular weight is 273 g/mol. The van der Waals surface area contributed by atoms with Crippen LogP contribution in [0.2, 0.25) is 0 Å². The molecule has 18 heavy (non-hydrogen) atoms. The maximum absolute atomic E-state index is 11.9. The first kappa shape index (κ1) is 15.8. The molecule has 0 spiro atoms. The van der Waals surface area contributed by atoms with E-state index in [1.54, 1.807) is 0 Å². The zero-order chi connectivity index (χ0) is 13.8. The van der Waals surface area contributed by atoms with Crippen LogP contribution < -0.4 is 5.32 Å². The molecule has 1 fully saturated rings. The van der Waals surface area contributed by atoms with Crippen molar-refractivity contribution in [3.63, 3.8) is 0 Å². The van der Waals surface area contributed by atoms with Crippen LogP contribution >= 0.6 is 11.8 Å². The number of ether oxygens (including phenoxy) is 1. The third-order valence-electron chi connectivity index (χ3n) is 3.44. The summed E-state index contributed by atoms with van der Waals surface area (Å²) < 4.78 is 5.70. The minimum atomic E-state index is -0.405. The highest BCUT2D eigenvalue weighted by Gasteiger charge is 2.33. The molecule has 1 unspecified atom stereocenters. The molecule has 1 N–H and O–H groups in total. The van der Waals surface area contributed by atoms with Gasteiger partial charge in [-0.1, -0.05) is 12.8 Å². The number of nitrogens with one attached hydrogen (secondary N) is 1. The van der Waals surface area contributed by atoms with Gasteiger partial charge in [-0.2, -0.15) is 11.8 Å². The summed E-state index contributed by atoms with van der Waals surface area (Å²) in [6.07, 6.45) is 7.29. The molecule has 4 heteroatoms. The fourth-order valence-corrected chi connectivity index (χ4v) is 3.21. The second-order valence-corrected chi connectivity index (χ2v) is 7.50. The second kappa shape index (κ2) is 6.29. The van der Waals surface area contributed by atoms with E-state index in [1.165, 1.54) is 25.7 Å². The highest BCUT2D eigenvalue weighted by Crippen LogP contribution is 2.39. The van der Waals surface area contributed by atoms with Gasteiger partial charge in [0.05, 0.1) is 0 Å². The summed E-state index contributed by atoms with van der Waals surface area (Å²) in [4.78, 5) is 11.9. The van der Waals surface area contributed by atoms with Gasteiger partial charge in [0, 0.05) is 11.3 Å². The van der Waals surface area contributed by atoms with Crippen molar-refractivity contribution in [1.82, 2.24) is 5.32 Å². The molecule has 0 radical (unpaired) electrons. The van der Waals surface area contributed by atoms with Gasteiger partial charge in [-0.15, -0.1) is 0 Å². The fourth-order valence-electron chi connectivity index (χ4n) is 2.29. The number of hydrogen-bond acceptors (Lipinski definition) is 4. The van der Waals surface area contributed by atoms with Gasteiger partial charge in [0.2, 0.25) is 0 Å². The Kier molecular flexibility index (Phi) is 5.53. The van der Waals surface area contributed by atoms with Crippen molar-refractivity contribution in [2.45, 2.75) is 69.8 Å². The van der Waals surface area contributed by atoms with E-state index in [2.05, 4.69) is 11.6 Å². The summed E-state index contributed by atoms with van der Waals surface area (Å²) >= 11 is 1.93. The Morgan fingerprint density at radius 1 is 1.39 bits per heavy atom. The minimum Gasteiger partial charge on any atom is -0.459 e. The summed E-state index contributed by atoms with van der Waals surface area (Å²) in [6, 6.07) is -0.228. The fraction of sp³-hybridized carbons (Fsp3) is 0.929. The van der Waals surface area contributed by atoms with Crippen molar-refractivity contribution in [3.8, 4) is 0 Å². The number of hydrogen-bond donors (Lipinski definition) is 1. The predicted octanol–water partition coefficient (Wildman–Crippen LogP) is 2.98.